The van der Waals surface area contributed by atoms with E-state index in [9.17, 15) is 0 Å². The zero-order chi connectivity index (χ0) is 21.3. The fraction of sp³-hybridized carbons (Fsp3) is 0.565. The Morgan fingerprint density at radius 2 is 2.00 bits per heavy atom. The molecular weight excluding hydrogens is 521 g/mol. The molecule has 1 aliphatic heterocycles. The Labute approximate surface area is 208 Å². The second kappa shape index (κ2) is 13.2. The number of aliphatic imine (C=N–C) groups is 1. The number of nitrogens with zero attached hydrogens (tertiary/aromatic N) is 4. The van der Waals surface area contributed by atoms with Gasteiger partial charge in [0, 0.05) is 32.1 Å². The molecule has 0 spiro atoms. The molecule has 1 aromatic carbocycles. The van der Waals surface area contributed by atoms with Crippen LogP contribution in [0, 0.1) is 12.8 Å². The number of hydrogen-bond acceptors (Lipinski definition) is 5. The maximum atomic E-state index is 5.25. The van der Waals surface area contributed by atoms with E-state index in [4.69, 9.17) is 9.73 Å². The van der Waals surface area contributed by atoms with Crippen molar-refractivity contribution in [2.75, 3.05) is 40.3 Å². The Bertz CT molecular complexity index is 803. The molecule has 1 aromatic heterocycles. The summed E-state index contributed by atoms with van der Waals surface area (Å²) in [6.45, 7) is 10.0. The molecule has 1 N–H and O–H groups in total. The van der Waals surface area contributed by atoms with Gasteiger partial charge in [-0.3, -0.25) is 9.89 Å². The minimum Gasteiger partial charge on any atom is -0.497 e. The topological polar surface area (TPSA) is 53.0 Å². The minimum atomic E-state index is 0. The highest BCUT2D eigenvalue weighted by Gasteiger charge is 2.19. The lowest BCUT2D eigenvalue weighted by Gasteiger charge is -2.31. The van der Waals surface area contributed by atoms with E-state index in [1.54, 1.807) is 18.4 Å². The van der Waals surface area contributed by atoms with E-state index in [1.807, 2.05) is 12.1 Å². The number of methoxy groups -OCH3 is 1. The van der Waals surface area contributed by atoms with Gasteiger partial charge in [0.1, 0.15) is 5.75 Å². The molecule has 0 saturated carbocycles. The van der Waals surface area contributed by atoms with E-state index in [2.05, 4.69) is 58.5 Å². The van der Waals surface area contributed by atoms with Crippen molar-refractivity contribution in [3.05, 3.63) is 45.9 Å². The van der Waals surface area contributed by atoms with Crippen LogP contribution in [0.15, 0.2) is 34.6 Å². The van der Waals surface area contributed by atoms with Gasteiger partial charge in [-0.25, -0.2) is 4.98 Å². The molecule has 1 aliphatic rings. The second-order valence-corrected chi connectivity index (χ2v) is 9.04. The van der Waals surface area contributed by atoms with Gasteiger partial charge in [0.05, 0.1) is 24.4 Å². The maximum absolute atomic E-state index is 5.25. The Morgan fingerprint density at radius 1 is 1.29 bits per heavy atom. The number of aromatic nitrogens is 1. The average molecular weight is 558 g/mol. The van der Waals surface area contributed by atoms with Gasteiger partial charge in [0.2, 0.25) is 0 Å². The molecule has 172 valence electrons. The molecular formula is C23H36IN5OS. The van der Waals surface area contributed by atoms with Gasteiger partial charge >= 0.3 is 0 Å². The van der Waals surface area contributed by atoms with E-state index < -0.39 is 0 Å². The lowest BCUT2D eigenvalue weighted by molar-refractivity contribution is 0.180. The number of hydrogen-bond donors (Lipinski definition) is 1. The predicted octanol–water partition coefficient (Wildman–Crippen LogP) is 4.39. The van der Waals surface area contributed by atoms with Gasteiger partial charge in [-0.1, -0.05) is 12.1 Å². The third kappa shape index (κ3) is 8.23. The quantitative estimate of drug-likeness (QED) is 0.297. The fourth-order valence-corrected chi connectivity index (χ4v) is 4.40. The van der Waals surface area contributed by atoms with Crippen LogP contribution in [0.25, 0.3) is 0 Å². The zero-order valence-electron chi connectivity index (χ0n) is 19.1. The molecule has 8 heteroatoms. The third-order valence-corrected chi connectivity index (χ3v) is 6.36. The van der Waals surface area contributed by atoms with Gasteiger partial charge in [-0.05, 0) is 63.4 Å². The van der Waals surface area contributed by atoms with Crippen molar-refractivity contribution in [1.29, 1.82) is 0 Å². The molecule has 0 aliphatic carbocycles. The van der Waals surface area contributed by atoms with E-state index >= 15 is 0 Å². The highest BCUT2D eigenvalue weighted by Crippen LogP contribution is 2.20. The molecule has 0 bridgehead atoms. The molecule has 2 aromatic rings. The summed E-state index contributed by atoms with van der Waals surface area (Å²) >= 11 is 1.70. The summed E-state index contributed by atoms with van der Waals surface area (Å²) in [4.78, 5) is 14.2. The number of guanidine groups is 1. The molecule has 0 atom stereocenters. The van der Waals surface area contributed by atoms with E-state index in [0.717, 1.165) is 61.7 Å². The first-order chi connectivity index (χ1) is 14.6. The Hall–Kier alpha value is -1.39. The largest absolute Gasteiger partial charge is 0.497 e. The fourth-order valence-electron chi connectivity index (χ4n) is 3.80. The number of ether oxygens (including phenoxy) is 1. The van der Waals surface area contributed by atoms with E-state index in [1.165, 1.54) is 18.4 Å². The molecule has 31 heavy (non-hydrogen) atoms. The van der Waals surface area contributed by atoms with Crippen molar-refractivity contribution in [3.63, 3.8) is 0 Å². The number of nitrogens with one attached hydrogen (secondary N) is 1. The molecule has 0 unspecified atom stereocenters. The monoisotopic (exact) mass is 557 g/mol. The van der Waals surface area contributed by atoms with Crippen molar-refractivity contribution >= 4 is 41.3 Å². The molecule has 1 fully saturated rings. The lowest BCUT2D eigenvalue weighted by Crippen LogP contribution is -2.39. The molecule has 0 amide bonds. The van der Waals surface area contributed by atoms with Crippen molar-refractivity contribution < 1.29 is 4.74 Å². The summed E-state index contributed by atoms with van der Waals surface area (Å²) in [6, 6.07) is 8.42. The van der Waals surface area contributed by atoms with E-state index in [0.29, 0.717) is 5.92 Å². The number of halogens is 1. The van der Waals surface area contributed by atoms with Gasteiger partial charge in [-0.15, -0.1) is 35.3 Å². The van der Waals surface area contributed by atoms with Crippen LogP contribution in [0.1, 0.15) is 36.0 Å². The van der Waals surface area contributed by atoms with Crippen molar-refractivity contribution in [1.82, 2.24) is 20.1 Å². The van der Waals surface area contributed by atoms with Crippen LogP contribution < -0.4 is 10.1 Å². The zero-order valence-corrected chi connectivity index (χ0v) is 22.3. The summed E-state index contributed by atoms with van der Waals surface area (Å²) in [5.74, 6) is 2.55. The van der Waals surface area contributed by atoms with Gasteiger partial charge in [-0.2, -0.15) is 0 Å². The van der Waals surface area contributed by atoms with Crippen LogP contribution in [0.2, 0.25) is 0 Å². The Kier molecular flexibility index (Phi) is 11.0. The summed E-state index contributed by atoms with van der Waals surface area (Å²) in [7, 11) is 3.80. The van der Waals surface area contributed by atoms with E-state index in [-0.39, 0.29) is 24.0 Å². The lowest BCUT2D eigenvalue weighted by atomic mass is 9.96. The minimum absolute atomic E-state index is 0. The number of benzene rings is 1. The summed E-state index contributed by atoms with van der Waals surface area (Å²) in [5, 5.41) is 6.68. The number of thiazole rings is 1. The van der Waals surface area contributed by atoms with Crippen LogP contribution in [0.4, 0.5) is 0 Å². The average Bonchev–Trinajstić information content (AvgIpc) is 3.17. The van der Waals surface area contributed by atoms with Crippen LogP contribution in [0.5, 0.6) is 5.75 Å². The summed E-state index contributed by atoms with van der Waals surface area (Å²) in [6.07, 6.45) is 2.40. The third-order valence-electron chi connectivity index (χ3n) is 5.53. The number of piperidine rings is 1. The number of rotatable bonds is 8. The highest BCUT2D eigenvalue weighted by molar-refractivity contribution is 14.0. The molecule has 0 radical (unpaired) electrons. The van der Waals surface area contributed by atoms with Crippen molar-refractivity contribution in [3.8, 4) is 5.75 Å². The summed E-state index contributed by atoms with van der Waals surface area (Å²) < 4.78 is 5.25. The smallest absolute Gasteiger partial charge is 0.194 e. The Morgan fingerprint density at radius 3 is 2.58 bits per heavy atom. The van der Waals surface area contributed by atoms with Crippen LogP contribution in [-0.2, 0) is 13.1 Å². The summed E-state index contributed by atoms with van der Waals surface area (Å²) in [5.41, 5.74) is 2.46. The highest BCUT2D eigenvalue weighted by atomic mass is 127. The maximum Gasteiger partial charge on any atom is 0.194 e. The standard InChI is InChI=1S/C23H35N5OS.HI/c1-5-24-23(27(3)16-21-17-30-18(2)26-21)25-14-19-10-12-28(13-11-19)15-20-6-8-22(29-4)9-7-20;/h6-9,17,19H,5,10-16H2,1-4H3,(H,24,25);1H. The van der Waals surface area contributed by atoms with Crippen LogP contribution in [0.3, 0.4) is 0 Å². The van der Waals surface area contributed by atoms with Crippen molar-refractivity contribution in [2.45, 2.75) is 39.8 Å². The predicted molar refractivity (Wildman–Crippen MR) is 141 cm³/mol. The normalized spacial score (nSPS) is 15.4. The van der Waals surface area contributed by atoms with Gasteiger partial charge in [0.15, 0.2) is 5.96 Å². The first-order valence-electron chi connectivity index (χ1n) is 10.8. The van der Waals surface area contributed by atoms with Gasteiger partial charge < -0.3 is 15.0 Å². The molecule has 6 nitrogen and oxygen atoms in total. The second-order valence-electron chi connectivity index (χ2n) is 7.98. The molecule has 1 saturated heterocycles. The molecule has 3 rings (SSSR count). The SMILES string of the molecule is CCNC(=NCC1CCN(Cc2ccc(OC)cc2)CC1)N(C)Cc1csc(C)n1.I. The Balaban J connectivity index is 0.00000341. The number of aryl methyl sites for hydroxylation is 1. The van der Waals surface area contributed by atoms with Crippen LogP contribution >= 0.6 is 35.3 Å². The first kappa shape index (κ1) is 25.9. The number of likely N-dealkylation sites (tertiary alicyclic amines) is 1. The molecule has 2 heterocycles. The van der Waals surface area contributed by atoms with Crippen molar-refractivity contribution in [2.24, 2.45) is 10.9 Å². The first-order valence-corrected chi connectivity index (χ1v) is 11.7. The van der Waals surface area contributed by atoms with Gasteiger partial charge in [0.25, 0.3) is 0 Å². The van der Waals surface area contributed by atoms with Crippen LogP contribution in [-0.4, -0.2) is 61.1 Å².